The molecule has 1 heterocycles. The number of hydrogen-bond donors (Lipinski definition) is 0. The van der Waals surface area contributed by atoms with Crippen molar-refractivity contribution in [2.75, 3.05) is 35.0 Å². The quantitative estimate of drug-likeness (QED) is 0.805. The van der Waals surface area contributed by atoms with E-state index < -0.39 is 0 Å². The average Bonchev–Trinajstić information content (AvgIpc) is 2.71. The molecule has 0 unspecified atom stereocenters. The van der Waals surface area contributed by atoms with Gasteiger partial charge in [0.15, 0.2) is 11.5 Å². The largest absolute Gasteiger partial charge is 0.496 e. The number of ether oxygens (including phenoxy) is 4. The first-order valence-corrected chi connectivity index (χ1v) is 8.82. The van der Waals surface area contributed by atoms with Crippen LogP contribution < -0.4 is 18.9 Å². The summed E-state index contributed by atoms with van der Waals surface area (Å²) >= 11 is 0. The number of benzene rings is 2. The van der Waals surface area contributed by atoms with Gasteiger partial charge in [-0.1, -0.05) is 6.07 Å². The second kappa shape index (κ2) is 7.78. The van der Waals surface area contributed by atoms with Crippen LogP contribution in [-0.4, -0.2) is 45.8 Å². The molecule has 2 aromatic rings. The molecule has 6 heteroatoms. The summed E-state index contributed by atoms with van der Waals surface area (Å²) in [5.41, 5.74) is 2.66. The fraction of sp³-hybridized carbons (Fsp3) is 0.381. The molecule has 0 bridgehead atoms. The van der Waals surface area contributed by atoms with Gasteiger partial charge < -0.3 is 23.8 Å². The SMILES string of the molecule is COc1cc2c(cc1OC)[C@H](C)N(C(=O)c1c(OC)cccc1OC)CC2. The van der Waals surface area contributed by atoms with Gasteiger partial charge in [0.2, 0.25) is 0 Å². The molecule has 0 radical (unpaired) electrons. The van der Waals surface area contributed by atoms with Crippen LogP contribution in [0, 0.1) is 0 Å². The van der Waals surface area contributed by atoms with E-state index >= 15 is 0 Å². The first kappa shape index (κ1) is 18.9. The van der Waals surface area contributed by atoms with E-state index in [1.54, 1.807) is 46.6 Å². The summed E-state index contributed by atoms with van der Waals surface area (Å²) < 4.78 is 21.7. The van der Waals surface area contributed by atoms with Crippen molar-refractivity contribution in [1.29, 1.82) is 0 Å². The normalized spacial score (nSPS) is 15.7. The van der Waals surface area contributed by atoms with E-state index in [0.717, 1.165) is 17.5 Å². The van der Waals surface area contributed by atoms with E-state index in [1.807, 2.05) is 24.0 Å². The Bertz CT molecular complexity index is 826. The molecule has 0 fully saturated rings. The minimum absolute atomic E-state index is 0.114. The number of carbonyl (C=O) groups is 1. The van der Waals surface area contributed by atoms with Crippen LogP contribution in [0.25, 0.3) is 0 Å². The van der Waals surface area contributed by atoms with Gasteiger partial charge in [0, 0.05) is 6.54 Å². The molecule has 0 N–H and O–H groups in total. The molecule has 0 spiro atoms. The van der Waals surface area contributed by atoms with Crippen molar-refractivity contribution >= 4 is 5.91 Å². The first-order valence-electron chi connectivity index (χ1n) is 8.82. The minimum Gasteiger partial charge on any atom is -0.496 e. The Morgan fingerprint density at radius 1 is 0.926 bits per heavy atom. The first-order chi connectivity index (χ1) is 13.0. The molecule has 0 aromatic heterocycles. The fourth-order valence-corrected chi connectivity index (χ4v) is 3.63. The summed E-state index contributed by atoms with van der Waals surface area (Å²) in [5, 5.41) is 0. The van der Waals surface area contributed by atoms with Gasteiger partial charge in [-0.2, -0.15) is 0 Å². The summed E-state index contributed by atoms with van der Waals surface area (Å²) in [6, 6.07) is 9.18. The van der Waals surface area contributed by atoms with E-state index in [1.165, 1.54) is 0 Å². The highest BCUT2D eigenvalue weighted by Crippen LogP contribution is 2.39. The molecule has 1 amide bonds. The third-order valence-electron chi connectivity index (χ3n) is 5.09. The molecular formula is C21H25NO5. The summed E-state index contributed by atoms with van der Waals surface area (Å²) in [7, 11) is 6.34. The molecule has 6 nitrogen and oxygen atoms in total. The number of nitrogens with zero attached hydrogens (tertiary/aromatic N) is 1. The van der Waals surface area contributed by atoms with Crippen LogP contribution >= 0.6 is 0 Å². The molecule has 1 aliphatic rings. The predicted octanol–water partition coefficient (Wildman–Crippen LogP) is 3.48. The van der Waals surface area contributed by atoms with Gasteiger partial charge in [-0.15, -0.1) is 0 Å². The van der Waals surface area contributed by atoms with Gasteiger partial charge in [-0.25, -0.2) is 0 Å². The van der Waals surface area contributed by atoms with Crippen molar-refractivity contribution in [3.05, 3.63) is 47.0 Å². The lowest BCUT2D eigenvalue weighted by Gasteiger charge is -2.36. The zero-order valence-corrected chi connectivity index (χ0v) is 16.4. The molecule has 27 heavy (non-hydrogen) atoms. The molecule has 2 aromatic carbocycles. The Labute approximate surface area is 159 Å². The van der Waals surface area contributed by atoms with Crippen molar-refractivity contribution in [3.8, 4) is 23.0 Å². The Balaban J connectivity index is 2.00. The van der Waals surface area contributed by atoms with Crippen molar-refractivity contribution in [2.24, 2.45) is 0 Å². The molecule has 0 saturated heterocycles. The van der Waals surface area contributed by atoms with Crippen molar-refractivity contribution in [3.63, 3.8) is 0 Å². The van der Waals surface area contributed by atoms with Crippen LogP contribution in [0.3, 0.4) is 0 Å². The van der Waals surface area contributed by atoms with E-state index in [0.29, 0.717) is 35.1 Å². The number of fused-ring (bicyclic) bond motifs is 1. The Morgan fingerprint density at radius 2 is 1.48 bits per heavy atom. The lowest BCUT2D eigenvalue weighted by molar-refractivity contribution is 0.0670. The minimum atomic E-state index is -0.115. The fourth-order valence-electron chi connectivity index (χ4n) is 3.63. The Morgan fingerprint density at radius 3 is 2.04 bits per heavy atom. The highest BCUT2D eigenvalue weighted by Gasteiger charge is 2.32. The molecule has 1 atom stereocenters. The Kier molecular flexibility index (Phi) is 5.44. The molecule has 144 valence electrons. The van der Waals surface area contributed by atoms with Crippen LogP contribution in [0.5, 0.6) is 23.0 Å². The molecular weight excluding hydrogens is 346 g/mol. The monoisotopic (exact) mass is 371 g/mol. The van der Waals surface area contributed by atoms with Gasteiger partial charge >= 0.3 is 0 Å². The van der Waals surface area contributed by atoms with Crippen molar-refractivity contribution in [1.82, 2.24) is 4.90 Å². The average molecular weight is 371 g/mol. The van der Waals surface area contributed by atoms with Crippen LogP contribution in [0.15, 0.2) is 30.3 Å². The van der Waals surface area contributed by atoms with E-state index in [4.69, 9.17) is 18.9 Å². The topological polar surface area (TPSA) is 57.2 Å². The van der Waals surface area contributed by atoms with Crippen LogP contribution in [-0.2, 0) is 6.42 Å². The predicted molar refractivity (Wildman–Crippen MR) is 102 cm³/mol. The number of methoxy groups -OCH3 is 4. The smallest absolute Gasteiger partial charge is 0.261 e. The van der Waals surface area contributed by atoms with Crippen LogP contribution in [0.2, 0.25) is 0 Å². The zero-order valence-electron chi connectivity index (χ0n) is 16.4. The number of carbonyl (C=O) groups excluding carboxylic acids is 1. The summed E-state index contributed by atoms with van der Waals surface area (Å²) in [6.07, 6.45) is 0.739. The Hall–Kier alpha value is -2.89. The van der Waals surface area contributed by atoms with Crippen LogP contribution in [0.1, 0.15) is 34.5 Å². The van der Waals surface area contributed by atoms with Gasteiger partial charge in [0.25, 0.3) is 5.91 Å². The maximum Gasteiger partial charge on any atom is 0.261 e. The van der Waals surface area contributed by atoms with E-state index in [2.05, 4.69) is 0 Å². The third kappa shape index (κ3) is 3.27. The molecule has 0 saturated carbocycles. The van der Waals surface area contributed by atoms with Gasteiger partial charge in [0.05, 0.1) is 34.5 Å². The van der Waals surface area contributed by atoms with E-state index in [-0.39, 0.29) is 11.9 Å². The highest BCUT2D eigenvalue weighted by molar-refractivity contribution is 6.00. The molecule has 1 aliphatic heterocycles. The second-order valence-electron chi connectivity index (χ2n) is 6.37. The number of rotatable bonds is 5. The van der Waals surface area contributed by atoms with Crippen molar-refractivity contribution in [2.45, 2.75) is 19.4 Å². The second-order valence-corrected chi connectivity index (χ2v) is 6.37. The standard InChI is InChI=1S/C21H25NO5/c1-13-15-12-19(27-5)18(26-4)11-14(15)9-10-22(13)21(23)20-16(24-2)7-6-8-17(20)25-3/h6-8,11-13H,9-10H2,1-5H3/t13-/m0/s1. The van der Waals surface area contributed by atoms with E-state index in [9.17, 15) is 4.79 Å². The number of amides is 1. The van der Waals surface area contributed by atoms with Crippen molar-refractivity contribution < 1.29 is 23.7 Å². The zero-order chi connectivity index (χ0) is 19.6. The summed E-state index contributed by atoms with van der Waals surface area (Å²) in [4.78, 5) is 15.2. The maximum absolute atomic E-state index is 13.4. The summed E-state index contributed by atoms with van der Waals surface area (Å²) in [6.45, 7) is 2.62. The highest BCUT2D eigenvalue weighted by atomic mass is 16.5. The van der Waals surface area contributed by atoms with Gasteiger partial charge in [0.1, 0.15) is 17.1 Å². The lowest BCUT2D eigenvalue weighted by atomic mass is 9.92. The van der Waals surface area contributed by atoms with Crippen LogP contribution in [0.4, 0.5) is 0 Å². The van der Waals surface area contributed by atoms with Gasteiger partial charge in [-0.3, -0.25) is 4.79 Å². The van der Waals surface area contributed by atoms with Gasteiger partial charge in [-0.05, 0) is 48.7 Å². The molecule has 3 rings (SSSR count). The maximum atomic E-state index is 13.4. The summed E-state index contributed by atoms with van der Waals surface area (Å²) in [5.74, 6) is 2.26. The third-order valence-corrected chi connectivity index (χ3v) is 5.09. The molecule has 0 aliphatic carbocycles. The number of hydrogen-bond acceptors (Lipinski definition) is 5. The lowest BCUT2D eigenvalue weighted by Crippen LogP contribution is -2.39.